The smallest absolute Gasteiger partial charge is 0.414 e. The van der Waals surface area contributed by atoms with Gasteiger partial charge in [-0.1, -0.05) is 30.3 Å². The predicted molar refractivity (Wildman–Crippen MR) is 85.3 cm³/mol. The molecule has 22 heavy (non-hydrogen) atoms. The summed E-state index contributed by atoms with van der Waals surface area (Å²) >= 11 is 0. The normalized spacial score (nSPS) is 12.9. The summed E-state index contributed by atoms with van der Waals surface area (Å²) < 4.78 is 5.33. The Balaban J connectivity index is 2.93. The first-order chi connectivity index (χ1) is 10.2. The number of carboxylic acid groups (broad SMARTS) is 1. The van der Waals surface area contributed by atoms with Gasteiger partial charge >= 0.3 is 12.1 Å². The average molecular weight is 305 g/mol. The molecular formula is C17H23NO4. The molecule has 0 bridgehead atoms. The SMILES string of the molecule is C[C@@H](CC(=O)O)N(/C=C/c1ccccc1)C(=O)OC(C)(C)C. The van der Waals surface area contributed by atoms with Crippen LogP contribution in [-0.2, 0) is 9.53 Å². The van der Waals surface area contributed by atoms with Gasteiger partial charge in [0.25, 0.3) is 0 Å². The number of carboxylic acids is 1. The van der Waals surface area contributed by atoms with E-state index >= 15 is 0 Å². The minimum Gasteiger partial charge on any atom is -0.481 e. The molecule has 0 unspecified atom stereocenters. The molecule has 5 heteroatoms. The molecule has 1 atom stereocenters. The summed E-state index contributed by atoms with van der Waals surface area (Å²) in [6, 6.07) is 8.95. The van der Waals surface area contributed by atoms with Gasteiger partial charge in [-0.15, -0.1) is 0 Å². The highest BCUT2D eigenvalue weighted by atomic mass is 16.6. The molecule has 0 aromatic heterocycles. The molecule has 1 aromatic carbocycles. The second kappa shape index (κ2) is 7.64. The number of aliphatic carboxylic acids is 1. The number of carbonyl (C=O) groups is 2. The van der Waals surface area contributed by atoms with Crippen LogP contribution < -0.4 is 0 Å². The minimum absolute atomic E-state index is 0.154. The standard InChI is InChI=1S/C17H23NO4/c1-13(12-15(19)20)18(16(21)22-17(2,3)4)11-10-14-8-6-5-7-9-14/h5-11,13H,12H2,1-4H3,(H,19,20)/b11-10+/t13-/m0/s1. The van der Waals surface area contributed by atoms with Crippen molar-refractivity contribution in [2.45, 2.75) is 45.8 Å². The zero-order chi connectivity index (χ0) is 16.8. The molecule has 0 aliphatic heterocycles. The third kappa shape index (κ3) is 6.43. The van der Waals surface area contributed by atoms with Crippen molar-refractivity contribution in [1.29, 1.82) is 0 Å². The quantitative estimate of drug-likeness (QED) is 0.899. The van der Waals surface area contributed by atoms with E-state index in [1.807, 2.05) is 30.3 Å². The van der Waals surface area contributed by atoms with Crippen molar-refractivity contribution in [2.75, 3.05) is 0 Å². The predicted octanol–water partition coefficient (Wildman–Crippen LogP) is 3.76. The van der Waals surface area contributed by atoms with E-state index in [0.717, 1.165) is 5.56 Å². The fourth-order valence-corrected chi connectivity index (χ4v) is 1.78. The van der Waals surface area contributed by atoms with E-state index in [-0.39, 0.29) is 6.42 Å². The molecule has 1 rings (SSSR count). The number of hydrogen-bond acceptors (Lipinski definition) is 3. The van der Waals surface area contributed by atoms with E-state index in [2.05, 4.69) is 0 Å². The molecule has 0 fully saturated rings. The van der Waals surface area contributed by atoms with Crippen LogP contribution in [0.3, 0.4) is 0 Å². The first-order valence-electron chi connectivity index (χ1n) is 7.15. The Hall–Kier alpha value is -2.30. The Kier molecular flexibility index (Phi) is 6.16. The van der Waals surface area contributed by atoms with Gasteiger partial charge < -0.3 is 9.84 Å². The van der Waals surface area contributed by atoms with Crippen LogP contribution in [0.15, 0.2) is 36.5 Å². The highest BCUT2D eigenvalue weighted by molar-refractivity contribution is 5.73. The van der Waals surface area contributed by atoms with Crippen LogP contribution >= 0.6 is 0 Å². The molecule has 0 heterocycles. The van der Waals surface area contributed by atoms with Crippen LogP contribution in [-0.4, -0.2) is 33.7 Å². The van der Waals surface area contributed by atoms with Crippen LogP contribution in [0.2, 0.25) is 0 Å². The summed E-state index contributed by atoms with van der Waals surface area (Å²) in [5, 5.41) is 8.93. The average Bonchev–Trinajstić information content (AvgIpc) is 2.37. The molecule has 0 radical (unpaired) electrons. The second-order valence-corrected chi connectivity index (χ2v) is 6.06. The van der Waals surface area contributed by atoms with E-state index in [1.165, 1.54) is 4.90 Å². The van der Waals surface area contributed by atoms with Gasteiger partial charge in [0.15, 0.2) is 0 Å². The molecule has 0 saturated heterocycles. The first kappa shape index (κ1) is 17.8. The number of amides is 1. The lowest BCUT2D eigenvalue weighted by Gasteiger charge is -2.28. The number of carbonyl (C=O) groups excluding carboxylic acids is 1. The van der Waals surface area contributed by atoms with Crippen LogP contribution in [0, 0.1) is 0 Å². The highest BCUT2D eigenvalue weighted by Crippen LogP contribution is 2.15. The molecule has 0 saturated carbocycles. The van der Waals surface area contributed by atoms with Crippen molar-refractivity contribution in [3.05, 3.63) is 42.1 Å². The topological polar surface area (TPSA) is 66.8 Å². The second-order valence-electron chi connectivity index (χ2n) is 6.06. The maximum atomic E-state index is 12.3. The summed E-state index contributed by atoms with van der Waals surface area (Å²) in [5.74, 6) is -0.964. The lowest BCUT2D eigenvalue weighted by atomic mass is 10.2. The minimum atomic E-state index is -0.964. The Morgan fingerprint density at radius 2 is 1.86 bits per heavy atom. The monoisotopic (exact) mass is 305 g/mol. The van der Waals surface area contributed by atoms with Gasteiger partial charge in [0.05, 0.1) is 6.42 Å². The highest BCUT2D eigenvalue weighted by Gasteiger charge is 2.25. The third-order valence-electron chi connectivity index (χ3n) is 2.78. The molecule has 0 aliphatic rings. The zero-order valence-electron chi connectivity index (χ0n) is 13.4. The molecule has 5 nitrogen and oxygen atoms in total. The van der Waals surface area contributed by atoms with E-state index in [1.54, 1.807) is 40.0 Å². The van der Waals surface area contributed by atoms with Gasteiger partial charge in [0, 0.05) is 12.2 Å². The van der Waals surface area contributed by atoms with Gasteiger partial charge in [-0.2, -0.15) is 0 Å². The van der Waals surface area contributed by atoms with Crippen LogP contribution in [0.25, 0.3) is 6.08 Å². The maximum Gasteiger partial charge on any atom is 0.414 e. The summed E-state index contributed by atoms with van der Waals surface area (Å²) in [6.07, 6.45) is 2.60. The van der Waals surface area contributed by atoms with E-state index in [4.69, 9.17) is 9.84 Å². The maximum absolute atomic E-state index is 12.3. The number of hydrogen-bond donors (Lipinski definition) is 1. The Labute approximate surface area is 131 Å². The number of nitrogens with zero attached hydrogens (tertiary/aromatic N) is 1. The summed E-state index contributed by atoms with van der Waals surface area (Å²) in [5.41, 5.74) is 0.275. The molecular weight excluding hydrogens is 282 g/mol. The fourth-order valence-electron chi connectivity index (χ4n) is 1.78. The van der Waals surface area contributed by atoms with Gasteiger partial charge in [-0.05, 0) is 39.3 Å². The Morgan fingerprint density at radius 1 is 1.27 bits per heavy atom. The molecule has 1 aromatic rings. The van der Waals surface area contributed by atoms with Gasteiger partial charge in [0.1, 0.15) is 5.60 Å². The van der Waals surface area contributed by atoms with Crippen LogP contribution in [0.4, 0.5) is 4.79 Å². The largest absolute Gasteiger partial charge is 0.481 e. The summed E-state index contributed by atoms with van der Waals surface area (Å²) in [4.78, 5) is 24.5. The molecule has 0 aliphatic carbocycles. The van der Waals surface area contributed by atoms with Crippen molar-refractivity contribution in [1.82, 2.24) is 4.90 Å². The lowest BCUT2D eigenvalue weighted by Crippen LogP contribution is -2.39. The van der Waals surface area contributed by atoms with Crippen molar-refractivity contribution >= 4 is 18.1 Å². The van der Waals surface area contributed by atoms with E-state index in [0.29, 0.717) is 0 Å². The summed E-state index contributed by atoms with van der Waals surface area (Å²) in [6.45, 7) is 6.98. The van der Waals surface area contributed by atoms with Crippen molar-refractivity contribution < 1.29 is 19.4 Å². The van der Waals surface area contributed by atoms with Crippen LogP contribution in [0.5, 0.6) is 0 Å². The van der Waals surface area contributed by atoms with Crippen LogP contribution in [0.1, 0.15) is 39.7 Å². The number of rotatable bonds is 5. The Bertz CT molecular complexity index is 531. The van der Waals surface area contributed by atoms with Gasteiger partial charge in [-0.25, -0.2) is 4.79 Å². The van der Waals surface area contributed by atoms with Gasteiger partial charge in [0.2, 0.25) is 0 Å². The fraction of sp³-hybridized carbons (Fsp3) is 0.412. The zero-order valence-corrected chi connectivity index (χ0v) is 13.4. The van der Waals surface area contributed by atoms with Crippen molar-refractivity contribution in [3.8, 4) is 0 Å². The van der Waals surface area contributed by atoms with Crippen molar-refractivity contribution in [2.24, 2.45) is 0 Å². The molecule has 1 N–H and O–H groups in total. The van der Waals surface area contributed by atoms with E-state index < -0.39 is 23.7 Å². The van der Waals surface area contributed by atoms with Gasteiger partial charge in [-0.3, -0.25) is 9.69 Å². The van der Waals surface area contributed by atoms with Crippen molar-refractivity contribution in [3.63, 3.8) is 0 Å². The Morgan fingerprint density at radius 3 is 2.36 bits per heavy atom. The first-order valence-corrected chi connectivity index (χ1v) is 7.15. The number of benzene rings is 1. The third-order valence-corrected chi connectivity index (χ3v) is 2.78. The molecule has 0 spiro atoms. The lowest BCUT2D eigenvalue weighted by molar-refractivity contribution is -0.137. The molecule has 1 amide bonds. The number of ether oxygens (including phenoxy) is 1. The molecule has 120 valence electrons. The van der Waals surface area contributed by atoms with E-state index in [9.17, 15) is 9.59 Å². The summed E-state index contributed by atoms with van der Waals surface area (Å²) in [7, 11) is 0.